The van der Waals surface area contributed by atoms with Crippen LogP contribution in [0.3, 0.4) is 0 Å². The van der Waals surface area contributed by atoms with Crippen molar-refractivity contribution >= 4 is 11.9 Å². The number of nitrogens with zero attached hydrogens (tertiary/aromatic N) is 3. The smallest absolute Gasteiger partial charge is 0.239 e. The number of hydrogen-bond donors (Lipinski definition) is 1. The van der Waals surface area contributed by atoms with Crippen LogP contribution >= 0.6 is 0 Å². The molecule has 0 aromatic carbocycles. The molecule has 80 valence electrons. The van der Waals surface area contributed by atoms with E-state index in [0.29, 0.717) is 18.5 Å². The summed E-state index contributed by atoms with van der Waals surface area (Å²) < 4.78 is 0. The van der Waals surface area contributed by atoms with Gasteiger partial charge < -0.3 is 10.2 Å². The molecule has 1 saturated carbocycles. The largest absolute Gasteiger partial charge is 0.352 e. The van der Waals surface area contributed by atoms with Crippen molar-refractivity contribution in [1.29, 1.82) is 0 Å². The molecule has 0 bridgehead atoms. The first-order valence-corrected chi connectivity index (χ1v) is 5.03. The molecular formula is C10H14N4O. The molecular weight excluding hydrogens is 192 g/mol. The van der Waals surface area contributed by atoms with Crippen LogP contribution in [-0.2, 0) is 4.79 Å². The standard InChI is InChI=1S/C10H14N4O/c1-14(10-11-5-2-6-12-10)7-9(15)13-8-3-4-8/h2,5-6,8H,3-4,7H2,1H3,(H,13,15). The molecule has 5 nitrogen and oxygen atoms in total. The molecule has 1 aromatic rings. The third-order valence-electron chi connectivity index (χ3n) is 2.22. The topological polar surface area (TPSA) is 58.1 Å². The van der Waals surface area contributed by atoms with Crippen molar-refractivity contribution in [3.63, 3.8) is 0 Å². The minimum absolute atomic E-state index is 0.0347. The first kappa shape index (κ1) is 9.89. The maximum absolute atomic E-state index is 11.5. The lowest BCUT2D eigenvalue weighted by atomic mass is 10.5. The zero-order valence-corrected chi connectivity index (χ0v) is 8.68. The predicted molar refractivity (Wildman–Crippen MR) is 56.5 cm³/mol. The van der Waals surface area contributed by atoms with Crippen LogP contribution in [-0.4, -0.2) is 35.5 Å². The molecule has 1 fully saturated rings. The Labute approximate surface area is 88.5 Å². The van der Waals surface area contributed by atoms with Gasteiger partial charge in [0.25, 0.3) is 0 Å². The summed E-state index contributed by atoms with van der Waals surface area (Å²) in [5, 5.41) is 2.92. The van der Waals surface area contributed by atoms with Crippen LogP contribution in [0.2, 0.25) is 0 Å². The van der Waals surface area contributed by atoms with Gasteiger partial charge in [0.15, 0.2) is 0 Å². The van der Waals surface area contributed by atoms with Crippen LogP contribution in [0.4, 0.5) is 5.95 Å². The highest BCUT2D eigenvalue weighted by atomic mass is 16.2. The van der Waals surface area contributed by atoms with E-state index in [0.717, 1.165) is 12.8 Å². The van der Waals surface area contributed by atoms with E-state index in [9.17, 15) is 4.79 Å². The molecule has 1 heterocycles. The zero-order valence-electron chi connectivity index (χ0n) is 8.68. The molecule has 5 heteroatoms. The number of likely N-dealkylation sites (N-methyl/N-ethyl adjacent to an activating group) is 1. The number of aromatic nitrogens is 2. The summed E-state index contributed by atoms with van der Waals surface area (Å²) in [4.78, 5) is 21.3. The Morgan fingerprint density at radius 3 is 2.80 bits per heavy atom. The average molecular weight is 206 g/mol. The minimum atomic E-state index is 0.0347. The summed E-state index contributed by atoms with van der Waals surface area (Å²) in [5.41, 5.74) is 0. The van der Waals surface area contributed by atoms with E-state index in [1.807, 2.05) is 7.05 Å². The first-order valence-electron chi connectivity index (χ1n) is 5.03. The second-order valence-corrected chi connectivity index (χ2v) is 3.75. The van der Waals surface area contributed by atoms with E-state index in [-0.39, 0.29) is 5.91 Å². The molecule has 0 radical (unpaired) electrons. The fourth-order valence-electron chi connectivity index (χ4n) is 1.28. The molecule has 0 atom stereocenters. The van der Waals surface area contributed by atoms with E-state index in [1.54, 1.807) is 23.4 Å². The molecule has 1 aromatic heterocycles. The maximum atomic E-state index is 11.5. The molecule has 0 spiro atoms. The van der Waals surface area contributed by atoms with Gasteiger partial charge in [0, 0.05) is 25.5 Å². The first-order chi connectivity index (χ1) is 7.25. The number of carbonyl (C=O) groups excluding carboxylic acids is 1. The SMILES string of the molecule is CN(CC(=O)NC1CC1)c1ncccn1. The second-order valence-electron chi connectivity index (χ2n) is 3.75. The molecule has 2 rings (SSSR count). The lowest BCUT2D eigenvalue weighted by Gasteiger charge is -2.15. The lowest BCUT2D eigenvalue weighted by molar-refractivity contribution is -0.119. The number of anilines is 1. The summed E-state index contributed by atoms with van der Waals surface area (Å²) in [6.45, 7) is 0.306. The van der Waals surface area contributed by atoms with Gasteiger partial charge in [0.05, 0.1) is 6.54 Å². The summed E-state index contributed by atoms with van der Waals surface area (Å²) in [6, 6.07) is 2.16. The zero-order chi connectivity index (χ0) is 10.7. The number of amides is 1. The monoisotopic (exact) mass is 206 g/mol. The Kier molecular flexibility index (Phi) is 2.80. The van der Waals surface area contributed by atoms with Gasteiger partial charge in [0.1, 0.15) is 0 Å². The van der Waals surface area contributed by atoms with Gasteiger partial charge in [-0.05, 0) is 18.9 Å². The number of hydrogen-bond acceptors (Lipinski definition) is 4. The quantitative estimate of drug-likeness (QED) is 0.764. The van der Waals surface area contributed by atoms with Gasteiger partial charge in [-0.1, -0.05) is 0 Å². The van der Waals surface area contributed by atoms with E-state index >= 15 is 0 Å². The Morgan fingerprint density at radius 2 is 2.20 bits per heavy atom. The van der Waals surface area contributed by atoms with Gasteiger partial charge in [-0.25, -0.2) is 9.97 Å². The molecule has 1 N–H and O–H groups in total. The van der Waals surface area contributed by atoms with Crippen molar-refractivity contribution < 1.29 is 4.79 Å². The van der Waals surface area contributed by atoms with Crippen molar-refractivity contribution in [2.75, 3.05) is 18.5 Å². The van der Waals surface area contributed by atoms with Crippen molar-refractivity contribution in [3.05, 3.63) is 18.5 Å². The maximum Gasteiger partial charge on any atom is 0.239 e. The molecule has 0 saturated heterocycles. The molecule has 1 aliphatic rings. The third kappa shape index (κ3) is 2.90. The Hall–Kier alpha value is -1.65. The third-order valence-corrected chi connectivity index (χ3v) is 2.22. The second kappa shape index (κ2) is 4.25. The van der Waals surface area contributed by atoms with Crippen molar-refractivity contribution in [1.82, 2.24) is 15.3 Å². The highest BCUT2D eigenvalue weighted by Gasteiger charge is 2.23. The van der Waals surface area contributed by atoms with Crippen LogP contribution < -0.4 is 10.2 Å². The Balaban J connectivity index is 1.85. The highest BCUT2D eigenvalue weighted by molar-refractivity contribution is 5.81. The van der Waals surface area contributed by atoms with Crippen LogP contribution in [0.25, 0.3) is 0 Å². The summed E-state index contributed by atoms with van der Waals surface area (Å²) in [5.74, 6) is 0.607. The van der Waals surface area contributed by atoms with Gasteiger partial charge >= 0.3 is 0 Å². The van der Waals surface area contributed by atoms with Gasteiger partial charge in [-0.15, -0.1) is 0 Å². The van der Waals surface area contributed by atoms with E-state index in [2.05, 4.69) is 15.3 Å². The molecule has 15 heavy (non-hydrogen) atoms. The summed E-state index contributed by atoms with van der Waals surface area (Å²) in [7, 11) is 1.81. The lowest BCUT2D eigenvalue weighted by Crippen LogP contribution is -2.36. The number of carbonyl (C=O) groups is 1. The van der Waals surface area contributed by atoms with Crippen molar-refractivity contribution in [2.45, 2.75) is 18.9 Å². The van der Waals surface area contributed by atoms with Crippen LogP contribution in [0.1, 0.15) is 12.8 Å². The Bertz CT molecular complexity index is 337. The molecule has 1 aliphatic carbocycles. The number of nitrogens with one attached hydrogen (secondary N) is 1. The number of rotatable bonds is 4. The van der Waals surface area contributed by atoms with E-state index in [1.165, 1.54) is 0 Å². The van der Waals surface area contributed by atoms with Crippen molar-refractivity contribution in [3.8, 4) is 0 Å². The minimum Gasteiger partial charge on any atom is -0.352 e. The summed E-state index contributed by atoms with van der Waals surface area (Å²) in [6.07, 6.45) is 5.55. The highest BCUT2D eigenvalue weighted by Crippen LogP contribution is 2.18. The average Bonchev–Trinajstić information content (AvgIpc) is 3.03. The normalized spacial score (nSPS) is 14.7. The van der Waals surface area contributed by atoms with Gasteiger partial charge in [-0.3, -0.25) is 4.79 Å². The Morgan fingerprint density at radius 1 is 1.53 bits per heavy atom. The van der Waals surface area contributed by atoms with E-state index in [4.69, 9.17) is 0 Å². The van der Waals surface area contributed by atoms with Crippen LogP contribution in [0.15, 0.2) is 18.5 Å². The summed E-state index contributed by atoms with van der Waals surface area (Å²) >= 11 is 0. The van der Waals surface area contributed by atoms with Gasteiger partial charge in [-0.2, -0.15) is 0 Å². The molecule has 0 aliphatic heterocycles. The van der Waals surface area contributed by atoms with E-state index < -0.39 is 0 Å². The van der Waals surface area contributed by atoms with Crippen molar-refractivity contribution in [2.24, 2.45) is 0 Å². The van der Waals surface area contributed by atoms with Crippen LogP contribution in [0.5, 0.6) is 0 Å². The fraction of sp³-hybridized carbons (Fsp3) is 0.500. The molecule has 0 unspecified atom stereocenters. The van der Waals surface area contributed by atoms with Crippen LogP contribution in [0, 0.1) is 0 Å². The fourth-order valence-corrected chi connectivity index (χ4v) is 1.28. The van der Waals surface area contributed by atoms with Gasteiger partial charge in [0.2, 0.25) is 11.9 Å². The molecule has 1 amide bonds. The predicted octanol–water partition coefficient (Wildman–Crippen LogP) is 0.191.